The van der Waals surface area contributed by atoms with E-state index in [0.717, 1.165) is 23.1 Å². The van der Waals surface area contributed by atoms with Crippen molar-refractivity contribution in [1.82, 2.24) is 5.32 Å². The molecule has 0 fully saturated rings. The topological polar surface area (TPSA) is 102 Å². The van der Waals surface area contributed by atoms with Crippen LogP contribution in [0.2, 0.25) is 0 Å². The number of esters is 1. The summed E-state index contributed by atoms with van der Waals surface area (Å²) in [5.41, 5.74) is 9.94. The molecule has 0 saturated heterocycles. The fourth-order valence-electron chi connectivity index (χ4n) is 2.98. The fourth-order valence-corrected chi connectivity index (χ4v) is 2.98. The SMILES string of the molecule is CC(N)(NCC(=O)O)C(=O)OCc1cccc2c1Cc1ccccc1-2. The van der Waals surface area contributed by atoms with Crippen LogP contribution >= 0.6 is 0 Å². The molecule has 1 aliphatic carbocycles. The van der Waals surface area contributed by atoms with Crippen LogP contribution in [0, 0.1) is 0 Å². The Morgan fingerprint density at radius 2 is 1.92 bits per heavy atom. The zero-order valence-corrected chi connectivity index (χ0v) is 13.9. The number of nitrogens with two attached hydrogens (primary N) is 1. The van der Waals surface area contributed by atoms with Gasteiger partial charge in [-0.1, -0.05) is 42.5 Å². The van der Waals surface area contributed by atoms with Crippen molar-refractivity contribution in [3.63, 3.8) is 0 Å². The van der Waals surface area contributed by atoms with Gasteiger partial charge in [0.2, 0.25) is 0 Å². The molecule has 25 heavy (non-hydrogen) atoms. The molecule has 6 heteroatoms. The van der Waals surface area contributed by atoms with Crippen LogP contribution in [0.3, 0.4) is 0 Å². The summed E-state index contributed by atoms with van der Waals surface area (Å²) in [4.78, 5) is 22.8. The van der Waals surface area contributed by atoms with E-state index < -0.39 is 24.1 Å². The number of carbonyl (C=O) groups excluding carboxylic acids is 1. The summed E-state index contributed by atoms with van der Waals surface area (Å²) in [5, 5.41) is 11.2. The van der Waals surface area contributed by atoms with Gasteiger partial charge in [0, 0.05) is 0 Å². The number of fused-ring (bicyclic) bond motifs is 3. The lowest BCUT2D eigenvalue weighted by atomic mass is 10.0. The summed E-state index contributed by atoms with van der Waals surface area (Å²) >= 11 is 0. The maximum absolute atomic E-state index is 12.2. The van der Waals surface area contributed by atoms with E-state index in [1.165, 1.54) is 18.1 Å². The molecule has 0 saturated carbocycles. The highest BCUT2D eigenvalue weighted by Crippen LogP contribution is 2.38. The van der Waals surface area contributed by atoms with Crippen molar-refractivity contribution in [2.24, 2.45) is 5.73 Å². The molecule has 0 aromatic heterocycles. The van der Waals surface area contributed by atoms with Crippen LogP contribution in [0.1, 0.15) is 23.6 Å². The first-order valence-corrected chi connectivity index (χ1v) is 8.00. The number of nitrogens with one attached hydrogen (secondary N) is 1. The highest BCUT2D eigenvalue weighted by Gasteiger charge is 2.31. The first-order chi connectivity index (χ1) is 11.9. The second kappa shape index (κ2) is 6.66. The smallest absolute Gasteiger partial charge is 0.341 e. The van der Waals surface area contributed by atoms with E-state index in [-0.39, 0.29) is 6.61 Å². The number of carbonyl (C=O) groups is 2. The number of carboxylic acids is 1. The highest BCUT2D eigenvalue weighted by atomic mass is 16.5. The number of aliphatic carboxylic acids is 1. The van der Waals surface area contributed by atoms with Crippen LogP contribution in [0.4, 0.5) is 0 Å². The zero-order valence-electron chi connectivity index (χ0n) is 13.9. The first kappa shape index (κ1) is 17.1. The van der Waals surface area contributed by atoms with Crippen molar-refractivity contribution < 1.29 is 19.4 Å². The lowest BCUT2D eigenvalue weighted by Crippen LogP contribution is -2.59. The van der Waals surface area contributed by atoms with Crippen molar-refractivity contribution in [3.05, 3.63) is 59.2 Å². The number of carboxylic acid groups (broad SMARTS) is 1. The average molecular weight is 340 g/mol. The van der Waals surface area contributed by atoms with Crippen molar-refractivity contribution in [2.75, 3.05) is 6.54 Å². The maximum atomic E-state index is 12.2. The molecule has 0 heterocycles. The molecule has 0 bridgehead atoms. The molecule has 130 valence electrons. The van der Waals surface area contributed by atoms with Crippen LogP contribution in [0.25, 0.3) is 11.1 Å². The monoisotopic (exact) mass is 340 g/mol. The third-order valence-electron chi connectivity index (χ3n) is 4.34. The Morgan fingerprint density at radius 1 is 1.20 bits per heavy atom. The zero-order chi connectivity index (χ0) is 18.0. The van der Waals surface area contributed by atoms with E-state index in [4.69, 9.17) is 15.6 Å². The van der Waals surface area contributed by atoms with Gasteiger partial charge in [-0.2, -0.15) is 0 Å². The van der Waals surface area contributed by atoms with Crippen molar-refractivity contribution >= 4 is 11.9 Å². The molecule has 1 aliphatic rings. The van der Waals surface area contributed by atoms with Gasteiger partial charge in [-0.25, -0.2) is 4.79 Å². The average Bonchev–Trinajstić information content (AvgIpc) is 2.97. The van der Waals surface area contributed by atoms with Crippen molar-refractivity contribution in [2.45, 2.75) is 25.6 Å². The van der Waals surface area contributed by atoms with Crippen LogP contribution in [-0.4, -0.2) is 29.3 Å². The van der Waals surface area contributed by atoms with Crippen LogP contribution in [-0.2, 0) is 27.4 Å². The predicted octanol–water partition coefficient (Wildman–Crippen LogP) is 1.65. The Kier molecular flexibility index (Phi) is 4.57. The summed E-state index contributed by atoms with van der Waals surface area (Å²) in [6.45, 7) is 1.07. The standard InChI is InChI=1S/C19H20N2O4/c1-19(20,21-10-17(22)23)18(24)25-11-13-6-4-8-15-14-7-3-2-5-12(14)9-16(13)15/h2-8,21H,9-11,20H2,1H3,(H,22,23). The lowest BCUT2D eigenvalue weighted by molar-refractivity contribution is -0.152. The van der Waals surface area contributed by atoms with Gasteiger partial charge in [0.25, 0.3) is 0 Å². The number of ether oxygens (including phenoxy) is 1. The summed E-state index contributed by atoms with van der Waals surface area (Å²) in [5.74, 6) is -1.79. The molecule has 2 aromatic rings. The summed E-state index contributed by atoms with van der Waals surface area (Å²) in [6, 6.07) is 14.1. The van der Waals surface area contributed by atoms with Crippen LogP contribution in [0.5, 0.6) is 0 Å². The maximum Gasteiger partial charge on any atom is 0.341 e. The summed E-state index contributed by atoms with van der Waals surface area (Å²) in [7, 11) is 0. The van der Waals surface area contributed by atoms with Crippen LogP contribution < -0.4 is 11.1 Å². The summed E-state index contributed by atoms with van der Waals surface area (Å²) in [6.07, 6.45) is 0.802. The molecule has 0 radical (unpaired) electrons. The predicted molar refractivity (Wildman–Crippen MR) is 92.7 cm³/mol. The minimum absolute atomic E-state index is 0.0948. The Labute approximate surface area is 145 Å². The van der Waals surface area contributed by atoms with E-state index >= 15 is 0 Å². The van der Waals surface area contributed by atoms with E-state index in [9.17, 15) is 9.59 Å². The van der Waals surface area contributed by atoms with Gasteiger partial charge in [0.1, 0.15) is 6.61 Å². The van der Waals surface area contributed by atoms with Gasteiger partial charge < -0.3 is 15.6 Å². The van der Waals surface area contributed by atoms with Crippen molar-refractivity contribution in [3.8, 4) is 11.1 Å². The Morgan fingerprint density at radius 3 is 2.68 bits per heavy atom. The van der Waals surface area contributed by atoms with Crippen molar-refractivity contribution in [1.29, 1.82) is 0 Å². The number of hydrogen-bond donors (Lipinski definition) is 3. The van der Waals surface area contributed by atoms with E-state index in [1.54, 1.807) is 0 Å². The minimum Gasteiger partial charge on any atom is -0.480 e. The Bertz CT molecular complexity index is 830. The molecule has 1 unspecified atom stereocenters. The number of benzene rings is 2. The van der Waals surface area contributed by atoms with E-state index in [1.807, 2.05) is 24.3 Å². The summed E-state index contributed by atoms with van der Waals surface area (Å²) < 4.78 is 5.33. The number of hydrogen-bond acceptors (Lipinski definition) is 5. The molecule has 0 aliphatic heterocycles. The first-order valence-electron chi connectivity index (χ1n) is 8.00. The molecule has 3 rings (SSSR count). The highest BCUT2D eigenvalue weighted by molar-refractivity contribution is 5.81. The Hall–Kier alpha value is -2.70. The molecule has 6 nitrogen and oxygen atoms in total. The largest absolute Gasteiger partial charge is 0.480 e. The third-order valence-corrected chi connectivity index (χ3v) is 4.34. The normalized spacial score (nSPS) is 14.3. The van der Waals surface area contributed by atoms with Crippen LogP contribution in [0.15, 0.2) is 42.5 Å². The second-order valence-electron chi connectivity index (χ2n) is 6.30. The quantitative estimate of drug-likeness (QED) is 0.466. The molecule has 0 amide bonds. The molecule has 0 spiro atoms. The fraction of sp³-hybridized carbons (Fsp3) is 0.263. The van der Waals surface area contributed by atoms with E-state index in [0.29, 0.717) is 0 Å². The van der Waals surface area contributed by atoms with Gasteiger partial charge in [-0.15, -0.1) is 0 Å². The lowest BCUT2D eigenvalue weighted by Gasteiger charge is -2.23. The van der Waals surface area contributed by atoms with Gasteiger partial charge in [0.05, 0.1) is 6.54 Å². The van der Waals surface area contributed by atoms with Gasteiger partial charge >= 0.3 is 11.9 Å². The van der Waals surface area contributed by atoms with Gasteiger partial charge in [0.15, 0.2) is 5.66 Å². The van der Waals surface area contributed by atoms with Gasteiger partial charge in [-0.3, -0.25) is 10.1 Å². The number of rotatable bonds is 6. The molecule has 2 aromatic carbocycles. The van der Waals surface area contributed by atoms with E-state index in [2.05, 4.69) is 23.5 Å². The molecule has 1 atom stereocenters. The van der Waals surface area contributed by atoms with Gasteiger partial charge in [-0.05, 0) is 41.2 Å². The molecular formula is C19H20N2O4. The second-order valence-corrected chi connectivity index (χ2v) is 6.30. The minimum atomic E-state index is -1.56. The Balaban J connectivity index is 1.71. The molecule has 4 N–H and O–H groups in total. The third kappa shape index (κ3) is 3.55. The molecular weight excluding hydrogens is 320 g/mol.